The van der Waals surface area contributed by atoms with Gasteiger partial charge in [0.15, 0.2) is 0 Å². The Balaban J connectivity index is 2.19. The molecule has 0 saturated carbocycles. The van der Waals surface area contributed by atoms with E-state index in [0.29, 0.717) is 15.9 Å². The quantitative estimate of drug-likeness (QED) is 0.898. The highest BCUT2D eigenvalue weighted by Crippen LogP contribution is 2.24. The van der Waals surface area contributed by atoms with Crippen LogP contribution in [0.3, 0.4) is 0 Å². The zero-order chi connectivity index (χ0) is 14.7. The van der Waals surface area contributed by atoms with Gasteiger partial charge in [-0.15, -0.1) is 0 Å². The van der Waals surface area contributed by atoms with Gasteiger partial charge in [-0.25, -0.2) is 9.78 Å². The fourth-order valence-electron chi connectivity index (χ4n) is 1.45. The highest BCUT2D eigenvalue weighted by Gasteiger charge is 2.12. The Morgan fingerprint density at radius 2 is 2.00 bits per heavy atom. The van der Waals surface area contributed by atoms with Gasteiger partial charge >= 0.3 is 5.97 Å². The van der Waals surface area contributed by atoms with Crippen LogP contribution < -0.4 is 5.32 Å². The number of aryl methyl sites for hydroxylation is 1. The number of halogens is 1. The third-order valence-electron chi connectivity index (χ3n) is 2.48. The van der Waals surface area contributed by atoms with E-state index < -0.39 is 11.9 Å². The molecular formula is C13H10BrN3O3. The summed E-state index contributed by atoms with van der Waals surface area (Å²) in [6, 6.07) is 4.33. The summed E-state index contributed by atoms with van der Waals surface area (Å²) in [7, 11) is 0. The molecule has 2 rings (SSSR count). The largest absolute Gasteiger partial charge is 0.478 e. The van der Waals surface area contributed by atoms with E-state index in [0.717, 1.165) is 0 Å². The zero-order valence-electron chi connectivity index (χ0n) is 10.4. The van der Waals surface area contributed by atoms with Crippen molar-refractivity contribution in [3.63, 3.8) is 0 Å². The van der Waals surface area contributed by atoms with Crippen molar-refractivity contribution >= 4 is 33.5 Å². The lowest BCUT2D eigenvalue weighted by molar-refractivity contribution is 0.0696. The second kappa shape index (κ2) is 5.79. The van der Waals surface area contributed by atoms with Crippen LogP contribution in [0.4, 0.5) is 5.69 Å². The Morgan fingerprint density at radius 1 is 1.25 bits per heavy atom. The van der Waals surface area contributed by atoms with Crippen LogP contribution in [0, 0.1) is 6.92 Å². The number of aromatic carboxylic acids is 1. The zero-order valence-corrected chi connectivity index (χ0v) is 12.0. The van der Waals surface area contributed by atoms with Crippen molar-refractivity contribution in [1.82, 2.24) is 9.97 Å². The average molecular weight is 336 g/mol. The lowest BCUT2D eigenvalue weighted by Gasteiger charge is -2.07. The molecule has 0 atom stereocenters. The van der Waals surface area contributed by atoms with Gasteiger partial charge in [0.05, 0.1) is 23.1 Å². The Hall–Kier alpha value is -2.28. The lowest BCUT2D eigenvalue weighted by atomic mass is 10.2. The number of rotatable bonds is 3. The first-order valence-corrected chi connectivity index (χ1v) is 6.39. The predicted molar refractivity (Wildman–Crippen MR) is 75.8 cm³/mol. The van der Waals surface area contributed by atoms with Gasteiger partial charge in [0.2, 0.25) is 0 Å². The van der Waals surface area contributed by atoms with E-state index in [9.17, 15) is 9.59 Å². The van der Waals surface area contributed by atoms with Crippen molar-refractivity contribution in [1.29, 1.82) is 0 Å². The SMILES string of the molecule is Cc1cnc(C(=O)Nc2ccc(C(=O)O)cc2Br)cn1. The Kier molecular flexibility index (Phi) is 4.09. The molecule has 0 saturated heterocycles. The van der Waals surface area contributed by atoms with Crippen LogP contribution in [0.1, 0.15) is 26.5 Å². The molecule has 0 spiro atoms. The summed E-state index contributed by atoms with van der Waals surface area (Å²) in [5, 5.41) is 11.5. The number of amides is 1. The topological polar surface area (TPSA) is 92.2 Å². The van der Waals surface area contributed by atoms with Crippen LogP contribution >= 0.6 is 15.9 Å². The van der Waals surface area contributed by atoms with Gasteiger partial charge in [-0.3, -0.25) is 9.78 Å². The van der Waals surface area contributed by atoms with Crippen LogP contribution in [0.2, 0.25) is 0 Å². The van der Waals surface area contributed by atoms with Crippen LogP contribution in [0.5, 0.6) is 0 Å². The minimum atomic E-state index is -1.03. The molecule has 0 aliphatic heterocycles. The lowest BCUT2D eigenvalue weighted by Crippen LogP contribution is -2.14. The Bertz CT molecular complexity index is 671. The molecule has 1 amide bonds. The maximum Gasteiger partial charge on any atom is 0.335 e. The molecule has 20 heavy (non-hydrogen) atoms. The number of hydrogen-bond acceptors (Lipinski definition) is 4. The van der Waals surface area contributed by atoms with Crippen LogP contribution in [-0.2, 0) is 0 Å². The summed E-state index contributed by atoms with van der Waals surface area (Å²) >= 11 is 3.21. The van der Waals surface area contributed by atoms with Gasteiger partial charge in [-0.1, -0.05) is 0 Å². The van der Waals surface area contributed by atoms with E-state index in [1.165, 1.54) is 30.6 Å². The molecule has 0 radical (unpaired) electrons. The first-order valence-electron chi connectivity index (χ1n) is 5.60. The van der Waals surface area contributed by atoms with Gasteiger partial charge in [0.25, 0.3) is 5.91 Å². The molecule has 2 N–H and O–H groups in total. The van der Waals surface area contributed by atoms with Gasteiger partial charge < -0.3 is 10.4 Å². The maximum atomic E-state index is 11.9. The molecule has 0 fully saturated rings. The predicted octanol–water partition coefficient (Wildman–Crippen LogP) is 2.50. The van der Waals surface area contributed by atoms with Crippen LogP contribution in [0.25, 0.3) is 0 Å². The van der Waals surface area contributed by atoms with Gasteiger partial charge in [-0.2, -0.15) is 0 Å². The van der Waals surface area contributed by atoms with Gasteiger partial charge in [0.1, 0.15) is 5.69 Å². The summed E-state index contributed by atoms with van der Waals surface area (Å²) < 4.78 is 0.478. The molecule has 0 bridgehead atoms. The van der Waals surface area contributed by atoms with Crippen LogP contribution in [0.15, 0.2) is 35.1 Å². The molecule has 1 heterocycles. The number of carbonyl (C=O) groups excluding carboxylic acids is 1. The van der Waals surface area contributed by atoms with E-state index in [4.69, 9.17) is 5.11 Å². The van der Waals surface area contributed by atoms with E-state index in [2.05, 4.69) is 31.2 Å². The standard InChI is InChI=1S/C13H10BrN3O3/c1-7-5-16-11(6-15-7)12(18)17-10-3-2-8(13(19)20)4-9(10)14/h2-6H,1H3,(H,17,18)(H,19,20). The van der Waals surface area contributed by atoms with Crippen molar-refractivity contribution in [2.24, 2.45) is 0 Å². The normalized spacial score (nSPS) is 10.1. The second-order valence-corrected chi connectivity index (χ2v) is 4.85. The van der Waals surface area contributed by atoms with Crippen molar-refractivity contribution in [3.05, 3.63) is 52.0 Å². The van der Waals surface area contributed by atoms with Crippen molar-refractivity contribution in [2.75, 3.05) is 5.32 Å². The third kappa shape index (κ3) is 3.18. The first kappa shape index (κ1) is 14.1. The third-order valence-corrected chi connectivity index (χ3v) is 3.13. The Labute approximate surface area is 123 Å². The van der Waals surface area contributed by atoms with Crippen molar-refractivity contribution in [2.45, 2.75) is 6.92 Å². The van der Waals surface area contributed by atoms with Gasteiger partial charge in [0, 0.05) is 10.7 Å². The van der Waals surface area contributed by atoms with E-state index in [-0.39, 0.29) is 11.3 Å². The molecular weight excluding hydrogens is 326 g/mol. The molecule has 0 aliphatic rings. The molecule has 102 valence electrons. The Morgan fingerprint density at radius 3 is 2.55 bits per heavy atom. The van der Waals surface area contributed by atoms with Crippen molar-refractivity contribution in [3.8, 4) is 0 Å². The summed E-state index contributed by atoms with van der Waals surface area (Å²) in [5.74, 6) is -1.45. The minimum Gasteiger partial charge on any atom is -0.478 e. The number of nitrogens with one attached hydrogen (secondary N) is 1. The molecule has 0 unspecified atom stereocenters. The first-order chi connectivity index (χ1) is 9.47. The maximum absolute atomic E-state index is 11.9. The number of carboxylic acids is 1. The monoisotopic (exact) mass is 335 g/mol. The number of benzene rings is 1. The molecule has 1 aromatic carbocycles. The average Bonchev–Trinajstić information content (AvgIpc) is 2.41. The van der Waals surface area contributed by atoms with E-state index in [1.54, 1.807) is 6.92 Å². The van der Waals surface area contributed by atoms with Crippen LogP contribution in [-0.4, -0.2) is 27.0 Å². The highest BCUT2D eigenvalue weighted by atomic mass is 79.9. The summed E-state index contributed by atoms with van der Waals surface area (Å²) in [6.45, 7) is 1.77. The highest BCUT2D eigenvalue weighted by molar-refractivity contribution is 9.10. The summed E-state index contributed by atoms with van der Waals surface area (Å²) in [6.07, 6.45) is 2.88. The smallest absolute Gasteiger partial charge is 0.335 e. The number of aromatic nitrogens is 2. The molecule has 0 aliphatic carbocycles. The van der Waals surface area contributed by atoms with Gasteiger partial charge in [-0.05, 0) is 41.1 Å². The van der Waals surface area contributed by atoms with E-state index >= 15 is 0 Å². The fraction of sp³-hybridized carbons (Fsp3) is 0.0769. The molecule has 2 aromatic rings. The van der Waals surface area contributed by atoms with Crippen molar-refractivity contribution < 1.29 is 14.7 Å². The summed E-state index contributed by atoms with van der Waals surface area (Å²) in [4.78, 5) is 30.7. The molecule has 7 heteroatoms. The fourth-order valence-corrected chi connectivity index (χ4v) is 1.92. The number of carboxylic acid groups (broad SMARTS) is 1. The number of carbonyl (C=O) groups is 2. The van der Waals surface area contributed by atoms with E-state index in [1.807, 2.05) is 0 Å². The minimum absolute atomic E-state index is 0.130. The molecule has 6 nitrogen and oxygen atoms in total. The second-order valence-electron chi connectivity index (χ2n) is 4.00. The molecule has 1 aromatic heterocycles. The number of hydrogen-bond donors (Lipinski definition) is 2. The number of anilines is 1. The summed E-state index contributed by atoms with van der Waals surface area (Å²) in [5.41, 5.74) is 1.49. The number of nitrogens with zero attached hydrogens (tertiary/aromatic N) is 2.